The first-order valence-electron chi connectivity index (χ1n) is 6.17. The third-order valence-corrected chi connectivity index (χ3v) is 2.53. The second-order valence-electron chi connectivity index (χ2n) is 4.78. The van der Waals surface area contributed by atoms with Crippen molar-refractivity contribution in [2.24, 2.45) is 11.7 Å². The fourth-order valence-corrected chi connectivity index (χ4v) is 1.53. The first-order valence-corrected chi connectivity index (χ1v) is 6.17. The van der Waals surface area contributed by atoms with Gasteiger partial charge in [-0.05, 0) is 18.8 Å². The summed E-state index contributed by atoms with van der Waals surface area (Å²) in [5.74, 6) is -1.16. The van der Waals surface area contributed by atoms with Crippen molar-refractivity contribution in [1.82, 2.24) is 5.32 Å². The molecule has 4 N–H and O–H groups in total. The number of hydrogen-bond acceptors (Lipinski definition) is 3. The van der Waals surface area contributed by atoms with Crippen molar-refractivity contribution in [3.63, 3.8) is 0 Å². The minimum atomic E-state index is -1.00. The fourth-order valence-electron chi connectivity index (χ4n) is 1.53. The van der Waals surface area contributed by atoms with E-state index in [2.05, 4.69) is 5.32 Å². The van der Waals surface area contributed by atoms with Gasteiger partial charge >= 0.3 is 5.97 Å². The lowest BCUT2D eigenvalue weighted by molar-refractivity contribution is -0.142. The molecule has 0 saturated heterocycles. The molecule has 5 nitrogen and oxygen atoms in total. The molecule has 0 spiro atoms. The fraction of sp³-hybridized carbons (Fsp3) is 0.833. The van der Waals surface area contributed by atoms with E-state index in [-0.39, 0.29) is 11.8 Å². The molecule has 0 aromatic rings. The molecule has 17 heavy (non-hydrogen) atoms. The Bertz CT molecular complexity index is 254. The van der Waals surface area contributed by atoms with Gasteiger partial charge in [-0.15, -0.1) is 0 Å². The minimum absolute atomic E-state index is 0.211. The Balaban J connectivity index is 4.25. The van der Waals surface area contributed by atoms with Crippen LogP contribution in [0.1, 0.15) is 46.5 Å². The van der Waals surface area contributed by atoms with E-state index in [4.69, 9.17) is 10.8 Å². The van der Waals surface area contributed by atoms with Crippen LogP contribution in [0.25, 0.3) is 0 Å². The monoisotopic (exact) mass is 244 g/mol. The summed E-state index contributed by atoms with van der Waals surface area (Å²) in [6.07, 6.45) is 2.85. The summed E-state index contributed by atoms with van der Waals surface area (Å²) in [6.45, 7) is 5.85. The minimum Gasteiger partial charge on any atom is -0.480 e. The molecule has 0 aliphatic heterocycles. The summed E-state index contributed by atoms with van der Waals surface area (Å²) in [4.78, 5) is 22.6. The molecule has 100 valence electrons. The van der Waals surface area contributed by atoms with Gasteiger partial charge in [-0.25, -0.2) is 4.79 Å². The number of carboxylic acids is 1. The molecular weight excluding hydrogens is 220 g/mol. The van der Waals surface area contributed by atoms with Gasteiger partial charge in [0.05, 0.1) is 6.04 Å². The highest BCUT2D eigenvalue weighted by Crippen LogP contribution is 2.06. The van der Waals surface area contributed by atoms with Crippen LogP contribution >= 0.6 is 0 Å². The first kappa shape index (κ1) is 15.9. The van der Waals surface area contributed by atoms with Crippen LogP contribution in [0.5, 0.6) is 0 Å². The SMILES string of the molecule is CCCC[C@H](N)C(=O)NC(CC(C)C)C(=O)O. The van der Waals surface area contributed by atoms with Gasteiger partial charge in [0.15, 0.2) is 0 Å². The van der Waals surface area contributed by atoms with Crippen LogP contribution < -0.4 is 11.1 Å². The van der Waals surface area contributed by atoms with E-state index in [0.29, 0.717) is 12.8 Å². The smallest absolute Gasteiger partial charge is 0.326 e. The van der Waals surface area contributed by atoms with Crippen molar-refractivity contribution >= 4 is 11.9 Å². The van der Waals surface area contributed by atoms with Crippen LogP contribution in [0.2, 0.25) is 0 Å². The summed E-state index contributed by atoms with van der Waals surface area (Å²) in [5.41, 5.74) is 5.68. The van der Waals surface area contributed by atoms with Gasteiger partial charge in [0.25, 0.3) is 0 Å². The number of nitrogens with one attached hydrogen (secondary N) is 1. The highest BCUT2D eigenvalue weighted by molar-refractivity contribution is 5.86. The van der Waals surface area contributed by atoms with Gasteiger partial charge in [0.1, 0.15) is 6.04 Å². The zero-order valence-corrected chi connectivity index (χ0v) is 10.9. The Labute approximate surface area is 103 Å². The molecule has 0 aromatic heterocycles. The second-order valence-corrected chi connectivity index (χ2v) is 4.78. The topological polar surface area (TPSA) is 92.4 Å². The van der Waals surface area contributed by atoms with Crippen molar-refractivity contribution in [2.45, 2.75) is 58.5 Å². The maximum Gasteiger partial charge on any atom is 0.326 e. The summed E-state index contributed by atoms with van der Waals surface area (Å²) >= 11 is 0. The quantitative estimate of drug-likeness (QED) is 0.596. The molecule has 0 radical (unpaired) electrons. The second kappa shape index (κ2) is 8.06. The molecule has 0 saturated carbocycles. The Kier molecular flexibility index (Phi) is 7.54. The molecular formula is C12H24N2O3. The van der Waals surface area contributed by atoms with E-state index in [0.717, 1.165) is 12.8 Å². The van der Waals surface area contributed by atoms with Crippen LogP contribution in [0, 0.1) is 5.92 Å². The molecule has 1 unspecified atom stereocenters. The van der Waals surface area contributed by atoms with Crippen molar-refractivity contribution < 1.29 is 14.7 Å². The lowest BCUT2D eigenvalue weighted by atomic mass is 10.0. The normalized spacial score (nSPS) is 14.4. The zero-order chi connectivity index (χ0) is 13.4. The molecule has 0 fully saturated rings. The van der Waals surface area contributed by atoms with E-state index in [1.807, 2.05) is 20.8 Å². The average molecular weight is 244 g/mol. The summed E-state index contributed by atoms with van der Waals surface area (Å²) in [5, 5.41) is 11.5. The zero-order valence-electron chi connectivity index (χ0n) is 10.9. The van der Waals surface area contributed by atoms with Crippen LogP contribution in [-0.4, -0.2) is 29.1 Å². The number of carboxylic acid groups (broad SMARTS) is 1. The van der Waals surface area contributed by atoms with Crippen molar-refractivity contribution in [3.05, 3.63) is 0 Å². The Morgan fingerprint density at radius 3 is 2.35 bits per heavy atom. The molecule has 0 aliphatic rings. The van der Waals surface area contributed by atoms with Crippen molar-refractivity contribution in [2.75, 3.05) is 0 Å². The van der Waals surface area contributed by atoms with Crippen molar-refractivity contribution in [3.8, 4) is 0 Å². The largest absolute Gasteiger partial charge is 0.480 e. The molecule has 0 rings (SSSR count). The van der Waals surface area contributed by atoms with E-state index in [1.165, 1.54) is 0 Å². The first-order chi connectivity index (χ1) is 7.88. The molecule has 5 heteroatoms. The predicted molar refractivity (Wildman–Crippen MR) is 66.5 cm³/mol. The lowest BCUT2D eigenvalue weighted by Crippen LogP contribution is -2.48. The number of carbonyl (C=O) groups is 2. The van der Waals surface area contributed by atoms with Crippen LogP contribution in [0.3, 0.4) is 0 Å². The summed E-state index contributed by atoms with van der Waals surface area (Å²) < 4.78 is 0. The molecule has 0 aliphatic carbocycles. The molecule has 0 aromatic carbocycles. The maximum absolute atomic E-state index is 11.6. The standard InChI is InChI=1S/C12H24N2O3/c1-4-5-6-9(13)11(15)14-10(12(16)17)7-8(2)3/h8-10H,4-7,13H2,1-3H3,(H,14,15)(H,16,17)/t9-,10?/m0/s1. The number of rotatable bonds is 8. The van der Waals surface area contributed by atoms with Crippen LogP contribution in [0.15, 0.2) is 0 Å². The maximum atomic E-state index is 11.6. The van der Waals surface area contributed by atoms with Gasteiger partial charge in [-0.2, -0.15) is 0 Å². The van der Waals surface area contributed by atoms with Gasteiger partial charge < -0.3 is 16.2 Å². The van der Waals surface area contributed by atoms with E-state index < -0.39 is 18.1 Å². The number of hydrogen-bond donors (Lipinski definition) is 3. The lowest BCUT2D eigenvalue weighted by Gasteiger charge is -2.19. The van der Waals surface area contributed by atoms with Gasteiger partial charge in [0, 0.05) is 0 Å². The Hall–Kier alpha value is -1.10. The third-order valence-electron chi connectivity index (χ3n) is 2.53. The predicted octanol–water partition coefficient (Wildman–Crippen LogP) is 1.12. The van der Waals surface area contributed by atoms with E-state index in [9.17, 15) is 9.59 Å². The molecule has 1 amide bonds. The molecule has 2 atom stereocenters. The average Bonchev–Trinajstić information content (AvgIpc) is 2.23. The van der Waals surface area contributed by atoms with Crippen molar-refractivity contribution in [1.29, 1.82) is 0 Å². The van der Waals surface area contributed by atoms with E-state index >= 15 is 0 Å². The van der Waals surface area contributed by atoms with Gasteiger partial charge in [0.2, 0.25) is 5.91 Å². The number of aliphatic carboxylic acids is 1. The highest BCUT2D eigenvalue weighted by atomic mass is 16.4. The number of carbonyl (C=O) groups excluding carboxylic acids is 1. The third kappa shape index (κ3) is 6.94. The number of unbranched alkanes of at least 4 members (excludes halogenated alkanes) is 1. The molecule has 0 bridgehead atoms. The van der Waals surface area contributed by atoms with Crippen LogP contribution in [-0.2, 0) is 9.59 Å². The highest BCUT2D eigenvalue weighted by Gasteiger charge is 2.23. The summed E-state index contributed by atoms with van der Waals surface area (Å²) in [7, 11) is 0. The Morgan fingerprint density at radius 2 is 1.94 bits per heavy atom. The van der Waals surface area contributed by atoms with Crippen LogP contribution in [0.4, 0.5) is 0 Å². The number of nitrogens with two attached hydrogens (primary N) is 1. The van der Waals surface area contributed by atoms with Gasteiger partial charge in [-0.1, -0.05) is 33.6 Å². The number of amides is 1. The molecule has 0 heterocycles. The Morgan fingerprint density at radius 1 is 1.35 bits per heavy atom. The summed E-state index contributed by atoms with van der Waals surface area (Å²) in [6, 6.07) is -1.45. The van der Waals surface area contributed by atoms with Gasteiger partial charge in [-0.3, -0.25) is 4.79 Å². The van der Waals surface area contributed by atoms with E-state index in [1.54, 1.807) is 0 Å².